The van der Waals surface area contributed by atoms with Crippen LogP contribution in [0.15, 0.2) is 48.5 Å². The van der Waals surface area contributed by atoms with Gasteiger partial charge in [0.1, 0.15) is 5.82 Å². The molecule has 2 aromatic carbocycles. The van der Waals surface area contributed by atoms with E-state index in [2.05, 4.69) is 63.6 Å². The summed E-state index contributed by atoms with van der Waals surface area (Å²) in [6, 6.07) is 17.6. The smallest absolute Gasteiger partial charge is 0.125 e. The van der Waals surface area contributed by atoms with Crippen molar-refractivity contribution in [2.24, 2.45) is 0 Å². The molecule has 1 N–H and O–H groups in total. The molecule has 0 bridgehead atoms. The van der Waals surface area contributed by atoms with E-state index in [4.69, 9.17) is 0 Å². The third-order valence-corrected chi connectivity index (χ3v) is 4.06. The highest BCUT2D eigenvalue weighted by Gasteiger charge is 2.23. The average Bonchev–Trinajstić information content (AvgIpc) is 2.87. The Labute approximate surface area is 118 Å². The fraction of sp³-hybridized carbons (Fsp3) is 0.235. The molecule has 0 saturated carbocycles. The zero-order valence-corrected chi connectivity index (χ0v) is 11.5. The van der Waals surface area contributed by atoms with E-state index in [0.717, 1.165) is 24.5 Å². The summed E-state index contributed by atoms with van der Waals surface area (Å²) < 4.78 is 2.14. The number of benzene rings is 2. The van der Waals surface area contributed by atoms with E-state index < -0.39 is 0 Å². The lowest BCUT2D eigenvalue weighted by molar-refractivity contribution is 0.482. The Morgan fingerprint density at radius 1 is 1.15 bits per heavy atom. The first kappa shape index (κ1) is 11.5. The first-order valence-electron chi connectivity index (χ1n) is 7.10. The van der Waals surface area contributed by atoms with Gasteiger partial charge in [0.2, 0.25) is 0 Å². The van der Waals surface area contributed by atoms with Crippen molar-refractivity contribution in [2.45, 2.75) is 19.4 Å². The third kappa shape index (κ3) is 1.70. The maximum Gasteiger partial charge on any atom is 0.125 e. The predicted octanol–water partition coefficient (Wildman–Crippen LogP) is 3.75. The second-order valence-corrected chi connectivity index (χ2v) is 5.42. The number of aryl methyl sites for hydroxylation is 1. The van der Waals surface area contributed by atoms with Crippen molar-refractivity contribution in [1.82, 2.24) is 9.78 Å². The molecule has 1 aliphatic rings. The van der Waals surface area contributed by atoms with Crippen molar-refractivity contribution in [3.8, 4) is 0 Å². The monoisotopic (exact) mass is 263 g/mol. The van der Waals surface area contributed by atoms with Crippen molar-refractivity contribution in [3.05, 3.63) is 59.8 Å². The van der Waals surface area contributed by atoms with Crippen LogP contribution in [0.3, 0.4) is 0 Å². The minimum Gasteiger partial charge on any atom is -0.370 e. The number of rotatable bonds is 1. The van der Waals surface area contributed by atoms with Crippen molar-refractivity contribution >= 4 is 16.6 Å². The molecule has 4 rings (SSSR count). The van der Waals surface area contributed by atoms with Crippen LogP contribution in [-0.2, 0) is 0 Å². The van der Waals surface area contributed by atoms with E-state index in [9.17, 15) is 0 Å². The van der Waals surface area contributed by atoms with E-state index in [-0.39, 0.29) is 0 Å². The van der Waals surface area contributed by atoms with Gasteiger partial charge in [0.05, 0.1) is 11.7 Å². The van der Waals surface area contributed by atoms with Gasteiger partial charge in [-0.3, -0.25) is 0 Å². The maximum absolute atomic E-state index is 4.67. The van der Waals surface area contributed by atoms with Gasteiger partial charge in [-0.2, -0.15) is 5.10 Å². The van der Waals surface area contributed by atoms with Gasteiger partial charge in [0.25, 0.3) is 0 Å². The molecule has 0 spiro atoms. The summed E-state index contributed by atoms with van der Waals surface area (Å²) in [7, 11) is 0. The van der Waals surface area contributed by atoms with Gasteiger partial charge in [-0.1, -0.05) is 42.5 Å². The molecule has 20 heavy (non-hydrogen) atoms. The molecule has 0 saturated heterocycles. The number of hydrogen-bond acceptors (Lipinski definition) is 2. The molecule has 0 aliphatic carbocycles. The van der Waals surface area contributed by atoms with E-state index in [1.807, 2.05) is 6.92 Å². The number of aromatic nitrogens is 2. The molecule has 3 heteroatoms. The first-order chi connectivity index (χ1) is 9.83. The second-order valence-electron chi connectivity index (χ2n) is 5.42. The zero-order valence-electron chi connectivity index (χ0n) is 11.5. The van der Waals surface area contributed by atoms with Crippen molar-refractivity contribution in [2.75, 3.05) is 11.9 Å². The van der Waals surface area contributed by atoms with Crippen molar-refractivity contribution in [1.29, 1.82) is 0 Å². The molecule has 0 fully saturated rings. The van der Waals surface area contributed by atoms with Crippen LogP contribution in [0.1, 0.15) is 23.7 Å². The Kier molecular flexibility index (Phi) is 2.52. The Morgan fingerprint density at radius 3 is 2.95 bits per heavy atom. The van der Waals surface area contributed by atoms with E-state index >= 15 is 0 Å². The minimum absolute atomic E-state index is 0.325. The summed E-state index contributed by atoms with van der Waals surface area (Å²) in [6.45, 7) is 3.05. The standard InChI is InChI=1S/C17H17N3/c1-12-11-17-18-10-9-16(20(17)19-12)15-8-4-6-13-5-2-3-7-14(13)15/h2-8,11,16,18H,9-10H2,1H3. The number of nitrogens with zero attached hydrogens (tertiary/aromatic N) is 2. The molecule has 0 radical (unpaired) electrons. The molecule has 100 valence electrons. The minimum atomic E-state index is 0.325. The van der Waals surface area contributed by atoms with Crippen LogP contribution in [0.4, 0.5) is 5.82 Å². The highest BCUT2D eigenvalue weighted by Crippen LogP contribution is 2.33. The van der Waals surface area contributed by atoms with Crippen LogP contribution in [-0.4, -0.2) is 16.3 Å². The topological polar surface area (TPSA) is 29.9 Å². The molecule has 1 unspecified atom stereocenters. The Morgan fingerprint density at radius 2 is 2.00 bits per heavy atom. The van der Waals surface area contributed by atoms with Gasteiger partial charge in [-0.15, -0.1) is 0 Å². The molecule has 1 aliphatic heterocycles. The van der Waals surface area contributed by atoms with Crippen LogP contribution in [0.25, 0.3) is 10.8 Å². The summed E-state index contributed by atoms with van der Waals surface area (Å²) in [5.41, 5.74) is 2.44. The van der Waals surface area contributed by atoms with Crippen molar-refractivity contribution < 1.29 is 0 Å². The quantitative estimate of drug-likeness (QED) is 0.724. The summed E-state index contributed by atoms with van der Waals surface area (Å²) in [5, 5.41) is 10.7. The zero-order chi connectivity index (χ0) is 13.5. The predicted molar refractivity (Wildman–Crippen MR) is 82.2 cm³/mol. The lowest BCUT2D eigenvalue weighted by Gasteiger charge is -2.27. The number of anilines is 1. The fourth-order valence-corrected chi connectivity index (χ4v) is 3.17. The van der Waals surface area contributed by atoms with E-state index in [1.54, 1.807) is 0 Å². The van der Waals surface area contributed by atoms with Gasteiger partial charge in [-0.05, 0) is 29.7 Å². The van der Waals surface area contributed by atoms with E-state index in [1.165, 1.54) is 16.3 Å². The van der Waals surface area contributed by atoms with Gasteiger partial charge >= 0.3 is 0 Å². The molecule has 2 heterocycles. The number of nitrogens with one attached hydrogen (secondary N) is 1. The molecule has 3 nitrogen and oxygen atoms in total. The molecule has 0 amide bonds. The van der Waals surface area contributed by atoms with Gasteiger partial charge in [0.15, 0.2) is 0 Å². The second kappa shape index (κ2) is 4.37. The summed E-state index contributed by atoms with van der Waals surface area (Å²) in [5.74, 6) is 1.13. The van der Waals surface area contributed by atoms with Gasteiger partial charge in [-0.25, -0.2) is 4.68 Å². The van der Waals surface area contributed by atoms with Gasteiger partial charge < -0.3 is 5.32 Å². The lowest BCUT2D eigenvalue weighted by atomic mass is 9.96. The summed E-state index contributed by atoms with van der Waals surface area (Å²) >= 11 is 0. The SMILES string of the molecule is Cc1cc2n(n1)C(c1cccc3ccccc13)CCN2. The third-order valence-electron chi connectivity index (χ3n) is 4.06. The van der Waals surface area contributed by atoms with Crippen LogP contribution in [0, 0.1) is 6.92 Å². The maximum atomic E-state index is 4.67. The highest BCUT2D eigenvalue weighted by atomic mass is 15.4. The van der Waals surface area contributed by atoms with Crippen LogP contribution in [0.5, 0.6) is 0 Å². The average molecular weight is 263 g/mol. The van der Waals surface area contributed by atoms with Crippen LogP contribution in [0.2, 0.25) is 0 Å². The molecular formula is C17H17N3. The number of fused-ring (bicyclic) bond motifs is 2. The Balaban J connectivity index is 1.92. The summed E-state index contributed by atoms with van der Waals surface area (Å²) in [6.07, 6.45) is 1.07. The largest absolute Gasteiger partial charge is 0.370 e. The van der Waals surface area contributed by atoms with Crippen LogP contribution >= 0.6 is 0 Å². The normalized spacial score (nSPS) is 17.8. The molecule has 1 atom stereocenters. The Hall–Kier alpha value is -2.29. The number of hydrogen-bond donors (Lipinski definition) is 1. The Bertz CT molecular complexity index is 768. The molecule has 1 aromatic heterocycles. The fourth-order valence-electron chi connectivity index (χ4n) is 3.17. The lowest BCUT2D eigenvalue weighted by Crippen LogP contribution is -2.24. The van der Waals surface area contributed by atoms with Gasteiger partial charge in [0, 0.05) is 12.6 Å². The first-order valence-corrected chi connectivity index (χ1v) is 7.10. The molecular weight excluding hydrogens is 246 g/mol. The molecule has 3 aromatic rings. The van der Waals surface area contributed by atoms with E-state index in [0.29, 0.717) is 6.04 Å². The van der Waals surface area contributed by atoms with Crippen LogP contribution < -0.4 is 5.32 Å². The highest BCUT2D eigenvalue weighted by molar-refractivity contribution is 5.86. The van der Waals surface area contributed by atoms with Crippen molar-refractivity contribution in [3.63, 3.8) is 0 Å². The summed E-state index contributed by atoms with van der Waals surface area (Å²) in [4.78, 5) is 0.